The van der Waals surface area contributed by atoms with Crippen molar-refractivity contribution < 1.29 is 14.3 Å². The first-order valence-electron chi connectivity index (χ1n) is 8.62. The van der Waals surface area contributed by atoms with Gasteiger partial charge in [-0.25, -0.2) is 0 Å². The Labute approximate surface area is 138 Å². The number of hydrogen-bond acceptors (Lipinski definition) is 3. The van der Waals surface area contributed by atoms with Crippen LogP contribution < -0.4 is 9.47 Å². The SMILES string of the molecule is CCC(/C=C/C(=O)N1CCCCC1)Cc1ccc2c(c1)OCO2. The highest BCUT2D eigenvalue weighted by molar-refractivity contribution is 5.87. The van der Waals surface area contributed by atoms with E-state index in [2.05, 4.69) is 19.1 Å². The van der Waals surface area contributed by atoms with Crippen molar-refractivity contribution >= 4 is 5.91 Å². The van der Waals surface area contributed by atoms with Crippen LogP contribution in [-0.4, -0.2) is 30.7 Å². The van der Waals surface area contributed by atoms with Crippen LogP contribution in [0.2, 0.25) is 0 Å². The topological polar surface area (TPSA) is 38.8 Å². The third-order valence-electron chi connectivity index (χ3n) is 4.64. The fourth-order valence-corrected chi connectivity index (χ4v) is 3.16. The number of hydrogen-bond donors (Lipinski definition) is 0. The minimum atomic E-state index is 0.161. The van der Waals surface area contributed by atoms with Crippen LogP contribution in [0.5, 0.6) is 11.5 Å². The molecule has 2 aliphatic rings. The number of piperidine rings is 1. The molecule has 2 aliphatic heterocycles. The van der Waals surface area contributed by atoms with E-state index >= 15 is 0 Å². The number of fused-ring (bicyclic) bond motifs is 1. The number of likely N-dealkylation sites (tertiary alicyclic amines) is 1. The molecule has 0 radical (unpaired) electrons. The molecule has 0 bridgehead atoms. The normalized spacial score (nSPS) is 18.4. The van der Waals surface area contributed by atoms with Gasteiger partial charge in [0.2, 0.25) is 12.7 Å². The van der Waals surface area contributed by atoms with E-state index in [-0.39, 0.29) is 5.91 Å². The molecule has 0 spiro atoms. The molecule has 4 heteroatoms. The lowest BCUT2D eigenvalue weighted by Crippen LogP contribution is -2.34. The summed E-state index contributed by atoms with van der Waals surface area (Å²) in [6, 6.07) is 6.09. The number of nitrogens with zero attached hydrogens (tertiary/aromatic N) is 1. The van der Waals surface area contributed by atoms with Crippen LogP contribution in [0.3, 0.4) is 0 Å². The van der Waals surface area contributed by atoms with Gasteiger partial charge in [0.15, 0.2) is 11.5 Å². The van der Waals surface area contributed by atoms with Gasteiger partial charge in [0.1, 0.15) is 0 Å². The first-order valence-corrected chi connectivity index (χ1v) is 8.62. The number of carbonyl (C=O) groups is 1. The number of benzene rings is 1. The molecule has 0 aliphatic carbocycles. The van der Waals surface area contributed by atoms with Crippen molar-refractivity contribution in [1.82, 2.24) is 4.90 Å². The highest BCUT2D eigenvalue weighted by atomic mass is 16.7. The summed E-state index contributed by atoms with van der Waals surface area (Å²) in [5.41, 5.74) is 1.22. The fourth-order valence-electron chi connectivity index (χ4n) is 3.16. The molecule has 1 saturated heterocycles. The van der Waals surface area contributed by atoms with Crippen LogP contribution in [0, 0.1) is 5.92 Å². The van der Waals surface area contributed by atoms with Gasteiger partial charge in [0.25, 0.3) is 0 Å². The Morgan fingerprint density at radius 1 is 1.22 bits per heavy atom. The molecule has 2 heterocycles. The van der Waals surface area contributed by atoms with Gasteiger partial charge < -0.3 is 14.4 Å². The Morgan fingerprint density at radius 3 is 2.78 bits per heavy atom. The highest BCUT2D eigenvalue weighted by Gasteiger charge is 2.16. The summed E-state index contributed by atoms with van der Waals surface area (Å²) in [6.07, 6.45) is 9.28. The number of amides is 1. The highest BCUT2D eigenvalue weighted by Crippen LogP contribution is 2.33. The molecule has 4 nitrogen and oxygen atoms in total. The Balaban J connectivity index is 1.58. The van der Waals surface area contributed by atoms with Crippen molar-refractivity contribution in [3.8, 4) is 11.5 Å². The first-order chi connectivity index (χ1) is 11.3. The van der Waals surface area contributed by atoms with Crippen LogP contribution in [0.15, 0.2) is 30.4 Å². The molecule has 0 saturated carbocycles. The molecule has 0 aromatic heterocycles. The second-order valence-corrected chi connectivity index (χ2v) is 6.31. The molecule has 1 atom stereocenters. The molecule has 124 valence electrons. The monoisotopic (exact) mass is 315 g/mol. The van der Waals surface area contributed by atoms with E-state index in [9.17, 15) is 4.79 Å². The molecular weight excluding hydrogens is 290 g/mol. The standard InChI is InChI=1S/C19H25NO3/c1-2-15(7-9-19(21)20-10-4-3-5-11-20)12-16-6-8-17-18(13-16)23-14-22-17/h6-9,13,15H,2-5,10-12,14H2,1H3/b9-7+. The lowest BCUT2D eigenvalue weighted by atomic mass is 9.96. The average Bonchev–Trinajstić information content (AvgIpc) is 3.06. The number of allylic oxidation sites excluding steroid dienone is 1. The van der Waals surface area contributed by atoms with Gasteiger partial charge in [-0.2, -0.15) is 0 Å². The third-order valence-corrected chi connectivity index (χ3v) is 4.64. The molecule has 0 N–H and O–H groups in total. The van der Waals surface area contributed by atoms with Gasteiger partial charge in [-0.1, -0.05) is 19.1 Å². The van der Waals surface area contributed by atoms with E-state index in [1.165, 1.54) is 12.0 Å². The smallest absolute Gasteiger partial charge is 0.246 e. The van der Waals surface area contributed by atoms with Crippen LogP contribution >= 0.6 is 0 Å². The maximum atomic E-state index is 12.2. The summed E-state index contributed by atoms with van der Waals surface area (Å²) in [6.45, 7) is 4.28. The summed E-state index contributed by atoms with van der Waals surface area (Å²) in [4.78, 5) is 14.2. The Kier molecular flexibility index (Phi) is 5.21. The number of carbonyl (C=O) groups excluding carboxylic acids is 1. The Bertz CT molecular complexity index is 576. The van der Waals surface area contributed by atoms with E-state index < -0.39 is 0 Å². The molecule has 23 heavy (non-hydrogen) atoms. The minimum absolute atomic E-state index is 0.161. The molecule has 1 amide bonds. The largest absolute Gasteiger partial charge is 0.454 e. The molecule has 1 aromatic carbocycles. The average molecular weight is 315 g/mol. The maximum absolute atomic E-state index is 12.2. The molecule has 3 rings (SSSR count). The van der Waals surface area contributed by atoms with Crippen LogP contribution in [0.25, 0.3) is 0 Å². The zero-order valence-corrected chi connectivity index (χ0v) is 13.8. The molecule has 1 unspecified atom stereocenters. The molecular formula is C19H25NO3. The van der Waals surface area contributed by atoms with Crippen LogP contribution in [0.1, 0.15) is 38.2 Å². The van der Waals surface area contributed by atoms with Crippen LogP contribution in [0.4, 0.5) is 0 Å². The van der Waals surface area contributed by atoms with E-state index in [1.807, 2.05) is 17.0 Å². The summed E-state index contributed by atoms with van der Waals surface area (Å²) in [7, 11) is 0. The predicted molar refractivity (Wildman–Crippen MR) is 89.6 cm³/mol. The number of ether oxygens (including phenoxy) is 2. The van der Waals surface area contributed by atoms with E-state index in [4.69, 9.17) is 9.47 Å². The maximum Gasteiger partial charge on any atom is 0.246 e. The minimum Gasteiger partial charge on any atom is -0.454 e. The molecule has 1 aromatic rings. The van der Waals surface area contributed by atoms with Gasteiger partial charge in [0, 0.05) is 13.1 Å². The van der Waals surface area contributed by atoms with Gasteiger partial charge in [-0.15, -0.1) is 0 Å². The summed E-state index contributed by atoms with van der Waals surface area (Å²) < 4.78 is 10.8. The number of rotatable bonds is 5. The van der Waals surface area contributed by atoms with E-state index in [1.54, 1.807) is 6.08 Å². The van der Waals surface area contributed by atoms with Crippen molar-refractivity contribution in [3.63, 3.8) is 0 Å². The summed E-state index contributed by atoms with van der Waals surface area (Å²) in [5.74, 6) is 2.17. The van der Waals surface area contributed by atoms with Crippen molar-refractivity contribution in [2.45, 2.75) is 39.0 Å². The van der Waals surface area contributed by atoms with Gasteiger partial charge >= 0.3 is 0 Å². The van der Waals surface area contributed by atoms with Gasteiger partial charge in [-0.05, 0) is 61.8 Å². The lowest BCUT2D eigenvalue weighted by molar-refractivity contribution is -0.126. The predicted octanol–water partition coefficient (Wildman–Crippen LogP) is 3.55. The quantitative estimate of drug-likeness (QED) is 0.780. The lowest BCUT2D eigenvalue weighted by Gasteiger charge is -2.25. The Morgan fingerprint density at radius 2 is 2.00 bits per heavy atom. The van der Waals surface area contributed by atoms with Crippen LogP contribution in [-0.2, 0) is 11.2 Å². The zero-order valence-electron chi connectivity index (χ0n) is 13.8. The second kappa shape index (κ2) is 7.53. The van der Waals surface area contributed by atoms with E-state index in [0.29, 0.717) is 12.7 Å². The summed E-state index contributed by atoms with van der Waals surface area (Å²) in [5, 5.41) is 0. The van der Waals surface area contributed by atoms with Crippen molar-refractivity contribution in [1.29, 1.82) is 0 Å². The van der Waals surface area contributed by atoms with E-state index in [0.717, 1.165) is 50.3 Å². The van der Waals surface area contributed by atoms with Gasteiger partial charge in [-0.3, -0.25) is 4.79 Å². The van der Waals surface area contributed by atoms with Crippen molar-refractivity contribution in [3.05, 3.63) is 35.9 Å². The Hall–Kier alpha value is -1.97. The first kappa shape index (κ1) is 15.9. The van der Waals surface area contributed by atoms with Gasteiger partial charge in [0.05, 0.1) is 0 Å². The fraction of sp³-hybridized carbons (Fsp3) is 0.526. The molecule has 1 fully saturated rings. The summed E-state index contributed by atoms with van der Waals surface area (Å²) >= 11 is 0. The van der Waals surface area contributed by atoms with Crippen molar-refractivity contribution in [2.75, 3.05) is 19.9 Å². The second-order valence-electron chi connectivity index (χ2n) is 6.31. The third kappa shape index (κ3) is 4.06. The van der Waals surface area contributed by atoms with Crippen molar-refractivity contribution in [2.24, 2.45) is 5.92 Å². The zero-order chi connectivity index (χ0) is 16.1.